The highest BCUT2D eigenvalue weighted by atomic mass is 79.9. The first-order chi connectivity index (χ1) is 8.49. The first kappa shape index (κ1) is 14.7. The van der Waals surface area contributed by atoms with E-state index in [2.05, 4.69) is 21.2 Å². The molecule has 0 bridgehead atoms. The molecule has 0 saturated heterocycles. The maximum Gasteiger partial charge on any atom is 0.306 e. The number of carboxylic acids is 1. The van der Waals surface area contributed by atoms with Crippen LogP contribution in [0.15, 0.2) is 28.7 Å². The summed E-state index contributed by atoms with van der Waals surface area (Å²) in [6.07, 6.45) is 0.750. The lowest BCUT2D eigenvalue weighted by molar-refractivity contribution is -0.143. The Bertz CT molecular complexity index is 434. The van der Waals surface area contributed by atoms with Gasteiger partial charge in [-0.25, -0.2) is 0 Å². The molecular formula is C13H16BrNO3. The Balaban J connectivity index is 2.29. The average molecular weight is 314 g/mol. The summed E-state index contributed by atoms with van der Waals surface area (Å²) in [5, 5.41) is 11.4. The lowest BCUT2D eigenvalue weighted by Crippen LogP contribution is -2.28. The number of rotatable bonds is 6. The molecule has 1 unspecified atom stereocenters. The molecule has 1 aromatic rings. The van der Waals surface area contributed by atoms with Gasteiger partial charge in [-0.1, -0.05) is 35.0 Å². The van der Waals surface area contributed by atoms with Gasteiger partial charge < -0.3 is 10.4 Å². The van der Waals surface area contributed by atoms with Gasteiger partial charge in [0.15, 0.2) is 0 Å². The summed E-state index contributed by atoms with van der Waals surface area (Å²) >= 11 is 3.38. The maximum atomic E-state index is 11.4. The minimum absolute atomic E-state index is 0.0216. The van der Waals surface area contributed by atoms with Crippen molar-refractivity contribution in [2.24, 2.45) is 5.92 Å². The molecule has 0 heterocycles. The Morgan fingerprint density at radius 1 is 1.44 bits per heavy atom. The second-order valence-electron chi connectivity index (χ2n) is 4.17. The van der Waals surface area contributed by atoms with Crippen molar-refractivity contribution >= 4 is 27.8 Å². The van der Waals surface area contributed by atoms with E-state index in [9.17, 15) is 9.59 Å². The van der Waals surface area contributed by atoms with Gasteiger partial charge in [0.1, 0.15) is 0 Å². The standard InChI is InChI=1S/C13H16BrNO3/c1-9(13(17)18)7-12(16)15-6-5-10-3-2-4-11(14)8-10/h2-4,8-9H,5-7H2,1H3,(H,15,16)(H,17,18). The summed E-state index contributed by atoms with van der Waals surface area (Å²) in [5.74, 6) is -1.81. The van der Waals surface area contributed by atoms with Crippen molar-refractivity contribution in [2.45, 2.75) is 19.8 Å². The van der Waals surface area contributed by atoms with Crippen molar-refractivity contribution in [1.82, 2.24) is 5.32 Å². The summed E-state index contributed by atoms with van der Waals surface area (Å²) in [5.41, 5.74) is 1.12. The van der Waals surface area contributed by atoms with E-state index in [4.69, 9.17) is 5.11 Å². The average Bonchev–Trinajstić information content (AvgIpc) is 2.28. The zero-order valence-corrected chi connectivity index (χ0v) is 11.7. The number of amides is 1. The summed E-state index contributed by atoms with van der Waals surface area (Å²) in [4.78, 5) is 22.0. The van der Waals surface area contributed by atoms with Crippen LogP contribution < -0.4 is 5.32 Å². The summed E-state index contributed by atoms with van der Waals surface area (Å²) in [7, 11) is 0. The predicted octanol–water partition coefficient (Wildman–Crippen LogP) is 2.22. The van der Waals surface area contributed by atoms with E-state index < -0.39 is 11.9 Å². The fourth-order valence-corrected chi connectivity index (χ4v) is 1.92. The van der Waals surface area contributed by atoms with E-state index >= 15 is 0 Å². The van der Waals surface area contributed by atoms with Gasteiger partial charge in [-0.05, 0) is 24.1 Å². The van der Waals surface area contributed by atoms with Gasteiger partial charge in [-0.15, -0.1) is 0 Å². The molecule has 18 heavy (non-hydrogen) atoms. The van der Waals surface area contributed by atoms with E-state index in [-0.39, 0.29) is 12.3 Å². The van der Waals surface area contributed by atoms with Crippen molar-refractivity contribution in [3.05, 3.63) is 34.3 Å². The minimum Gasteiger partial charge on any atom is -0.481 e. The molecule has 0 radical (unpaired) electrons. The maximum absolute atomic E-state index is 11.4. The molecule has 2 N–H and O–H groups in total. The largest absolute Gasteiger partial charge is 0.481 e. The van der Waals surface area contributed by atoms with E-state index in [1.54, 1.807) is 0 Å². The topological polar surface area (TPSA) is 66.4 Å². The molecule has 0 aliphatic carbocycles. The molecule has 5 heteroatoms. The van der Waals surface area contributed by atoms with E-state index in [1.165, 1.54) is 6.92 Å². The van der Waals surface area contributed by atoms with Crippen molar-refractivity contribution < 1.29 is 14.7 Å². The van der Waals surface area contributed by atoms with Gasteiger partial charge in [-0.2, -0.15) is 0 Å². The highest BCUT2D eigenvalue weighted by molar-refractivity contribution is 9.10. The van der Waals surface area contributed by atoms with E-state index in [0.717, 1.165) is 16.5 Å². The molecule has 4 nitrogen and oxygen atoms in total. The number of hydrogen-bond donors (Lipinski definition) is 2. The molecule has 0 spiro atoms. The second-order valence-corrected chi connectivity index (χ2v) is 5.09. The number of carboxylic acid groups (broad SMARTS) is 1. The quantitative estimate of drug-likeness (QED) is 0.846. The first-order valence-corrected chi connectivity index (χ1v) is 6.52. The molecule has 1 rings (SSSR count). The zero-order valence-electron chi connectivity index (χ0n) is 10.1. The molecule has 0 fully saturated rings. The molecule has 1 amide bonds. The number of halogens is 1. The van der Waals surface area contributed by atoms with Crippen LogP contribution in [0.2, 0.25) is 0 Å². The van der Waals surface area contributed by atoms with Crippen molar-refractivity contribution in [3.8, 4) is 0 Å². The molecule has 98 valence electrons. The van der Waals surface area contributed by atoms with Crippen molar-refractivity contribution in [2.75, 3.05) is 6.54 Å². The number of benzene rings is 1. The SMILES string of the molecule is CC(CC(=O)NCCc1cccc(Br)c1)C(=O)O. The molecule has 1 atom stereocenters. The van der Waals surface area contributed by atoms with Gasteiger partial charge in [-0.3, -0.25) is 9.59 Å². The zero-order chi connectivity index (χ0) is 13.5. The Labute approximate surface area is 115 Å². The van der Waals surface area contributed by atoms with Crippen molar-refractivity contribution in [3.63, 3.8) is 0 Å². The minimum atomic E-state index is -0.947. The molecule has 0 saturated carbocycles. The van der Waals surface area contributed by atoms with Crippen LogP contribution in [0, 0.1) is 5.92 Å². The van der Waals surface area contributed by atoms with E-state index in [0.29, 0.717) is 6.54 Å². The third kappa shape index (κ3) is 5.31. The summed E-state index contributed by atoms with van der Waals surface area (Å²) in [6, 6.07) is 7.85. The van der Waals surface area contributed by atoms with Crippen molar-refractivity contribution in [1.29, 1.82) is 0 Å². The fraction of sp³-hybridized carbons (Fsp3) is 0.385. The van der Waals surface area contributed by atoms with Crippen LogP contribution in [0.1, 0.15) is 18.9 Å². The number of carbonyl (C=O) groups is 2. The van der Waals surface area contributed by atoms with E-state index in [1.807, 2.05) is 24.3 Å². The van der Waals surface area contributed by atoms with Gasteiger partial charge in [0.05, 0.1) is 5.92 Å². The Kier molecular flexibility index (Phi) is 5.85. The smallest absolute Gasteiger partial charge is 0.306 e. The van der Waals surface area contributed by atoms with Crippen LogP contribution in [0.25, 0.3) is 0 Å². The molecule has 1 aromatic carbocycles. The summed E-state index contributed by atoms with van der Waals surface area (Å²) < 4.78 is 1.01. The van der Waals surface area contributed by atoms with Gasteiger partial charge in [0.2, 0.25) is 5.91 Å². The van der Waals surface area contributed by atoms with Crippen LogP contribution in [-0.2, 0) is 16.0 Å². The first-order valence-electron chi connectivity index (χ1n) is 5.73. The van der Waals surface area contributed by atoms with Crippen LogP contribution in [-0.4, -0.2) is 23.5 Å². The Morgan fingerprint density at radius 2 is 2.17 bits per heavy atom. The number of nitrogens with one attached hydrogen (secondary N) is 1. The lowest BCUT2D eigenvalue weighted by Gasteiger charge is -2.08. The van der Waals surface area contributed by atoms with Gasteiger partial charge in [0.25, 0.3) is 0 Å². The molecular weight excluding hydrogens is 298 g/mol. The monoisotopic (exact) mass is 313 g/mol. The normalized spacial score (nSPS) is 11.9. The number of hydrogen-bond acceptors (Lipinski definition) is 2. The van der Waals surface area contributed by atoms with Crippen LogP contribution in [0.5, 0.6) is 0 Å². The van der Waals surface area contributed by atoms with Gasteiger partial charge >= 0.3 is 5.97 Å². The van der Waals surface area contributed by atoms with Crippen LogP contribution >= 0.6 is 15.9 Å². The molecule has 0 aliphatic heterocycles. The lowest BCUT2D eigenvalue weighted by atomic mass is 10.1. The number of aliphatic carboxylic acids is 1. The molecule has 0 aliphatic rings. The number of carbonyl (C=O) groups excluding carboxylic acids is 1. The van der Waals surface area contributed by atoms with Crippen LogP contribution in [0.3, 0.4) is 0 Å². The van der Waals surface area contributed by atoms with Crippen LogP contribution in [0.4, 0.5) is 0 Å². The second kappa shape index (κ2) is 7.16. The third-order valence-corrected chi connectivity index (χ3v) is 3.03. The third-order valence-electron chi connectivity index (χ3n) is 2.54. The Morgan fingerprint density at radius 3 is 2.78 bits per heavy atom. The highest BCUT2D eigenvalue weighted by Crippen LogP contribution is 2.11. The highest BCUT2D eigenvalue weighted by Gasteiger charge is 2.14. The molecule has 0 aromatic heterocycles. The summed E-state index contributed by atoms with van der Waals surface area (Å²) in [6.45, 7) is 2.04. The Hall–Kier alpha value is -1.36. The fourth-order valence-electron chi connectivity index (χ4n) is 1.48. The van der Waals surface area contributed by atoms with Gasteiger partial charge in [0, 0.05) is 17.4 Å². The predicted molar refractivity (Wildman–Crippen MR) is 72.3 cm³/mol.